The van der Waals surface area contributed by atoms with Crippen LogP contribution in [0.2, 0.25) is 0 Å². The lowest BCUT2D eigenvalue weighted by Gasteiger charge is -2.34. The lowest BCUT2D eigenvalue weighted by molar-refractivity contribution is 0.0239. The first-order valence-corrected chi connectivity index (χ1v) is 15.2. The van der Waals surface area contributed by atoms with Crippen molar-refractivity contribution in [2.75, 3.05) is 61.5 Å². The van der Waals surface area contributed by atoms with E-state index in [0.29, 0.717) is 79.4 Å². The number of carbonyl (C=O) groups excluding carboxylic acids is 2. The molecule has 0 bridgehead atoms. The van der Waals surface area contributed by atoms with Crippen molar-refractivity contribution >= 4 is 40.9 Å². The summed E-state index contributed by atoms with van der Waals surface area (Å²) in [7, 11) is 3.56. The number of nitrogens with one attached hydrogen (secondary N) is 1. The van der Waals surface area contributed by atoms with E-state index in [0.717, 1.165) is 18.4 Å². The molecule has 14 nitrogen and oxygen atoms in total. The van der Waals surface area contributed by atoms with Gasteiger partial charge in [0.05, 0.1) is 23.6 Å². The predicted octanol–water partition coefficient (Wildman–Crippen LogP) is 3.94. The Balaban J connectivity index is 1.25. The number of aryl methyl sites for hydroxylation is 1. The summed E-state index contributed by atoms with van der Waals surface area (Å²) in [6.45, 7) is 8.92. The van der Waals surface area contributed by atoms with Gasteiger partial charge in [0, 0.05) is 71.3 Å². The van der Waals surface area contributed by atoms with E-state index >= 15 is 0 Å². The second kappa shape index (κ2) is 12.3. The average molecular weight is 618 g/mol. The van der Waals surface area contributed by atoms with E-state index in [9.17, 15) is 9.59 Å². The van der Waals surface area contributed by atoms with Crippen LogP contribution in [0.1, 0.15) is 44.0 Å². The Morgan fingerprint density at radius 3 is 2.42 bits per heavy atom. The van der Waals surface area contributed by atoms with Crippen molar-refractivity contribution in [2.24, 2.45) is 7.05 Å². The molecule has 0 aliphatic carbocycles. The third kappa shape index (κ3) is 6.85. The van der Waals surface area contributed by atoms with Crippen molar-refractivity contribution in [1.29, 1.82) is 0 Å². The van der Waals surface area contributed by atoms with Crippen LogP contribution in [0.25, 0.3) is 22.5 Å². The summed E-state index contributed by atoms with van der Waals surface area (Å²) in [6, 6.07) is 7.56. The number of hydrogen-bond acceptors (Lipinski definition) is 11. The minimum Gasteiger partial charge on any atom is -0.444 e. The molecule has 1 N–H and O–H groups in total. The molecular formula is C31H39N9O5. The number of pyridine rings is 2. The van der Waals surface area contributed by atoms with Crippen LogP contribution in [0.5, 0.6) is 0 Å². The van der Waals surface area contributed by atoms with Gasteiger partial charge in [-0.1, -0.05) is 6.07 Å². The first kappa shape index (κ1) is 30.3. The van der Waals surface area contributed by atoms with Crippen LogP contribution in [0.15, 0.2) is 41.1 Å². The smallest absolute Gasteiger partial charge is 0.410 e. The fraction of sp³-hybridized carbons (Fsp3) is 0.484. The second-order valence-electron chi connectivity index (χ2n) is 12.3. The second-order valence-corrected chi connectivity index (χ2v) is 12.3. The van der Waals surface area contributed by atoms with Gasteiger partial charge in [-0.2, -0.15) is 10.1 Å². The minimum atomic E-state index is -0.557. The van der Waals surface area contributed by atoms with Crippen molar-refractivity contribution in [2.45, 2.75) is 45.3 Å². The van der Waals surface area contributed by atoms with Crippen molar-refractivity contribution in [3.63, 3.8) is 0 Å². The highest BCUT2D eigenvalue weighted by molar-refractivity contribution is 6.08. The zero-order valence-corrected chi connectivity index (χ0v) is 26.3. The van der Waals surface area contributed by atoms with Gasteiger partial charge in [0.2, 0.25) is 5.65 Å². The summed E-state index contributed by atoms with van der Waals surface area (Å²) in [5, 5.41) is 7.17. The molecule has 45 heavy (non-hydrogen) atoms. The summed E-state index contributed by atoms with van der Waals surface area (Å²) in [6.07, 6.45) is 5.06. The number of nitrogens with zero attached hydrogens (tertiary/aromatic N) is 8. The summed E-state index contributed by atoms with van der Waals surface area (Å²) >= 11 is 0. The molecule has 0 aromatic carbocycles. The summed E-state index contributed by atoms with van der Waals surface area (Å²) in [4.78, 5) is 46.3. The molecule has 2 fully saturated rings. The Hall–Kier alpha value is -4.72. The highest BCUT2D eigenvalue weighted by Crippen LogP contribution is 2.30. The maximum absolute atomic E-state index is 13.8. The molecule has 0 saturated carbocycles. The van der Waals surface area contributed by atoms with Gasteiger partial charge in [0.25, 0.3) is 11.9 Å². The van der Waals surface area contributed by atoms with E-state index in [4.69, 9.17) is 23.9 Å². The van der Waals surface area contributed by atoms with Gasteiger partial charge in [0.1, 0.15) is 17.2 Å². The number of oxazole rings is 1. The summed E-state index contributed by atoms with van der Waals surface area (Å²) in [5.74, 6) is 0.590. The molecule has 238 valence electrons. The van der Waals surface area contributed by atoms with Crippen LogP contribution < -0.4 is 15.1 Å². The molecule has 0 spiro atoms. The highest BCUT2D eigenvalue weighted by atomic mass is 16.6. The zero-order valence-electron chi connectivity index (χ0n) is 26.3. The molecule has 0 atom stereocenters. The maximum atomic E-state index is 13.8. The molecule has 6 heterocycles. The number of carbonyl (C=O) groups is 2. The lowest BCUT2D eigenvalue weighted by Crippen LogP contribution is -2.50. The van der Waals surface area contributed by atoms with Crippen LogP contribution in [0, 0.1) is 0 Å². The Labute approximate surface area is 261 Å². The third-order valence-electron chi connectivity index (χ3n) is 7.86. The van der Waals surface area contributed by atoms with E-state index in [1.807, 2.05) is 51.0 Å². The van der Waals surface area contributed by atoms with Crippen LogP contribution in [0.4, 0.5) is 22.4 Å². The van der Waals surface area contributed by atoms with Crippen molar-refractivity contribution in [1.82, 2.24) is 29.6 Å². The largest absolute Gasteiger partial charge is 0.444 e. The topological polar surface area (TPSA) is 144 Å². The molecule has 4 aromatic heterocycles. The fourth-order valence-electron chi connectivity index (χ4n) is 5.50. The van der Waals surface area contributed by atoms with Gasteiger partial charge < -0.3 is 33.9 Å². The van der Waals surface area contributed by atoms with Gasteiger partial charge in [-0.3, -0.25) is 9.48 Å². The predicted molar refractivity (Wildman–Crippen MR) is 168 cm³/mol. The molecule has 2 aliphatic rings. The number of fused-ring (bicyclic) bond motifs is 1. The molecular weight excluding hydrogens is 578 g/mol. The number of ether oxygens (including phenoxy) is 2. The van der Waals surface area contributed by atoms with Crippen molar-refractivity contribution < 1.29 is 23.5 Å². The van der Waals surface area contributed by atoms with Crippen molar-refractivity contribution in [3.8, 4) is 11.3 Å². The van der Waals surface area contributed by atoms with Crippen LogP contribution in [-0.2, 0) is 16.5 Å². The van der Waals surface area contributed by atoms with Gasteiger partial charge in [-0.15, -0.1) is 0 Å². The standard InChI is InChI=1S/C31H39N9O5/c1-31(2,3)45-30(42)40-15-13-39(14-16-40)29-36-26-24(44-29)17-22(27(35-26)38-11-9-21(43-5)10-12-38)28(41)34-25-8-6-7-23(33-25)20-18-32-37(4)19-20/h6-8,17-19,21H,9-16H2,1-5H3,(H,33,34,41). The van der Waals surface area contributed by atoms with E-state index in [1.165, 1.54) is 0 Å². The van der Waals surface area contributed by atoms with Crippen LogP contribution in [-0.4, -0.2) is 99.7 Å². The number of piperazine rings is 1. The van der Waals surface area contributed by atoms with E-state index in [1.54, 1.807) is 35.0 Å². The fourth-order valence-corrected chi connectivity index (χ4v) is 5.50. The molecule has 14 heteroatoms. The summed E-state index contributed by atoms with van der Waals surface area (Å²) < 4.78 is 18.9. The number of piperidine rings is 1. The van der Waals surface area contributed by atoms with Crippen molar-refractivity contribution in [3.05, 3.63) is 42.2 Å². The molecule has 4 aromatic rings. The van der Waals surface area contributed by atoms with Crippen LogP contribution >= 0.6 is 0 Å². The molecule has 0 unspecified atom stereocenters. The SMILES string of the molecule is COC1CCN(c2nc3nc(N4CCN(C(=O)OC(C)(C)C)CC4)oc3cc2C(=O)Nc2cccc(-c3cnn(C)c3)n2)CC1. The Morgan fingerprint density at radius 2 is 1.76 bits per heavy atom. The quantitative estimate of drug-likeness (QED) is 0.336. The van der Waals surface area contributed by atoms with E-state index in [-0.39, 0.29) is 18.1 Å². The van der Waals surface area contributed by atoms with Gasteiger partial charge in [-0.25, -0.2) is 14.8 Å². The number of amides is 2. The first-order valence-electron chi connectivity index (χ1n) is 15.2. The van der Waals surface area contributed by atoms with E-state index < -0.39 is 5.60 Å². The molecule has 2 aliphatic heterocycles. The average Bonchev–Trinajstić information content (AvgIpc) is 3.66. The molecule has 2 saturated heterocycles. The number of anilines is 3. The number of rotatable bonds is 6. The Bertz CT molecular complexity index is 1680. The number of methoxy groups -OCH3 is 1. The maximum Gasteiger partial charge on any atom is 0.410 e. The van der Waals surface area contributed by atoms with E-state index in [2.05, 4.69) is 20.3 Å². The molecule has 6 rings (SSSR count). The van der Waals surface area contributed by atoms with Gasteiger partial charge in [-0.05, 0) is 45.7 Å². The number of hydrogen-bond donors (Lipinski definition) is 1. The first-order chi connectivity index (χ1) is 21.6. The minimum absolute atomic E-state index is 0.166. The highest BCUT2D eigenvalue weighted by Gasteiger charge is 2.30. The van der Waals surface area contributed by atoms with Gasteiger partial charge in [0.15, 0.2) is 5.58 Å². The van der Waals surface area contributed by atoms with Crippen LogP contribution in [0.3, 0.4) is 0 Å². The Kier molecular flexibility index (Phi) is 8.32. The monoisotopic (exact) mass is 617 g/mol. The normalized spacial score (nSPS) is 16.3. The summed E-state index contributed by atoms with van der Waals surface area (Å²) in [5.41, 5.74) is 2.17. The molecule has 2 amide bonds. The molecule has 0 radical (unpaired) electrons. The van der Waals surface area contributed by atoms with Gasteiger partial charge >= 0.3 is 6.09 Å². The number of aromatic nitrogens is 5. The lowest BCUT2D eigenvalue weighted by atomic mass is 10.1. The Morgan fingerprint density at radius 1 is 1.00 bits per heavy atom. The zero-order chi connectivity index (χ0) is 31.7. The third-order valence-corrected chi connectivity index (χ3v) is 7.86.